The number of thiophene rings is 1. The number of hydrogen-bond donors (Lipinski definition) is 1. The van der Waals surface area contributed by atoms with Crippen LogP contribution in [0.15, 0.2) is 42.0 Å². The lowest BCUT2D eigenvalue weighted by Gasteiger charge is -2.06. The summed E-state index contributed by atoms with van der Waals surface area (Å²) in [5.41, 5.74) is 1.22. The van der Waals surface area contributed by atoms with Gasteiger partial charge in [0.25, 0.3) is 0 Å². The smallest absolute Gasteiger partial charge is 0.231 e. The maximum Gasteiger partial charge on any atom is 0.231 e. The van der Waals surface area contributed by atoms with Crippen LogP contribution < -0.4 is 10.1 Å². The molecule has 4 nitrogen and oxygen atoms in total. The number of nitrogens with zero attached hydrogens (tertiary/aromatic N) is 2. The van der Waals surface area contributed by atoms with Gasteiger partial charge in [0.1, 0.15) is 16.9 Å². The van der Waals surface area contributed by atoms with Crippen molar-refractivity contribution in [3.05, 3.63) is 47.6 Å². The molecule has 5 heteroatoms. The van der Waals surface area contributed by atoms with Gasteiger partial charge in [-0.05, 0) is 36.2 Å². The number of fused-ring (bicyclic) bond motifs is 1. The molecule has 0 spiro atoms. The van der Waals surface area contributed by atoms with Crippen LogP contribution in [-0.2, 0) is 6.54 Å². The van der Waals surface area contributed by atoms with Crippen LogP contribution in [0.4, 0.5) is 0 Å². The van der Waals surface area contributed by atoms with Crippen molar-refractivity contribution in [1.82, 2.24) is 15.3 Å². The van der Waals surface area contributed by atoms with Gasteiger partial charge in [0.2, 0.25) is 5.88 Å². The highest BCUT2D eigenvalue weighted by Crippen LogP contribution is 2.29. The molecule has 0 fully saturated rings. The van der Waals surface area contributed by atoms with Gasteiger partial charge in [-0.25, -0.2) is 9.97 Å². The van der Waals surface area contributed by atoms with E-state index in [-0.39, 0.29) is 0 Å². The molecule has 96 valence electrons. The molecule has 3 aromatic rings. The second-order valence-electron chi connectivity index (χ2n) is 4.09. The summed E-state index contributed by atoms with van der Waals surface area (Å²) in [4.78, 5) is 9.34. The Labute approximate surface area is 115 Å². The Morgan fingerprint density at radius 3 is 2.79 bits per heavy atom. The minimum atomic E-state index is 0.604. The van der Waals surface area contributed by atoms with Crippen molar-refractivity contribution in [3.8, 4) is 11.6 Å². The molecule has 3 rings (SSSR count). The van der Waals surface area contributed by atoms with Crippen LogP contribution in [0, 0.1) is 0 Å². The summed E-state index contributed by atoms with van der Waals surface area (Å²) in [6.45, 7) is 0.850. The molecule has 0 aliphatic carbocycles. The van der Waals surface area contributed by atoms with Gasteiger partial charge < -0.3 is 10.1 Å². The number of benzene rings is 1. The second-order valence-corrected chi connectivity index (χ2v) is 4.99. The van der Waals surface area contributed by atoms with Gasteiger partial charge in [0.05, 0.1) is 5.39 Å². The monoisotopic (exact) mass is 271 g/mol. The van der Waals surface area contributed by atoms with Crippen molar-refractivity contribution in [2.75, 3.05) is 7.05 Å². The standard InChI is InChI=1S/C14H13N3OS/c1-15-8-10-2-4-11(5-3-10)18-13-12-6-7-19-14(12)17-9-16-13/h2-7,9,15H,8H2,1H3. The normalized spacial score (nSPS) is 10.8. The summed E-state index contributed by atoms with van der Waals surface area (Å²) in [6.07, 6.45) is 1.53. The third-order valence-electron chi connectivity index (χ3n) is 2.74. The van der Waals surface area contributed by atoms with E-state index in [1.165, 1.54) is 11.9 Å². The summed E-state index contributed by atoms with van der Waals surface area (Å²) in [5.74, 6) is 1.39. The number of rotatable bonds is 4. The van der Waals surface area contributed by atoms with Crippen molar-refractivity contribution in [2.45, 2.75) is 6.54 Å². The molecule has 0 unspecified atom stereocenters. The molecular formula is C14H13N3OS. The zero-order valence-corrected chi connectivity index (χ0v) is 11.3. The van der Waals surface area contributed by atoms with Gasteiger partial charge >= 0.3 is 0 Å². The second kappa shape index (κ2) is 5.34. The fourth-order valence-corrected chi connectivity index (χ4v) is 2.56. The number of aromatic nitrogens is 2. The Hall–Kier alpha value is -1.98. The van der Waals surface area contributed by atoms with Gasteiger partial charge in [-0.3, -0.25) is 0 Å². The molecule has 0 aliphatic heterocycles. The first-order valence-corrected chi connectivity index (χ1v) is 6.84. The van der Waals surface area contributed by atoms with Crippen molar-refractivity contribution < 1.29 is 4.74 Å². The van der Waals surface area contributed by atoms with Crippen LogP contribution in [0.1, 0.15) is 5.56 Å². The Bertz CT molecular complexity index is 678. The quantitative estimate of drug-likeness (QED) is 0.791. The number of nitrogens with one attached hydrogen (secondary N) is 1. The predicted molar refractivity (Wildman–Crippen MR) is 76.7 cm³/mol. The Morgan fingerprint density at radius 2 is 2.00 bits per heavy atom. The van der Waals surface area contributed by atoms with E-state index in [2.05, 4.69) is 15.3 Å². The maximum absolute atomic E-state index is 5.82. The van der Waals surface area contributed by atoms with Crippen molar-refractivity contribution in [1.29, 1.82) is 0 Å². The molecule has 0 saturated heterocycles. The van der Waals surface area contributed by atoms with Gasteiger partial charge in [-0.1, -0.05) is 12.1 Å². The Kier molecular flexibility index (Phi) is 3.39. The molecule has 2 heterocycles. The van der Waals surface area contributed by atoms with E-state index in [0.717, 1.165) is 22.5 Å². The first kappa shape index (κ1) is 12.1. The third-order valence-corrected chi connectivity index (χ3v) is 3.56. The lowest BCUT2D eigenvalue weighted by Crippen LogP contribution is -2.04. The fraction of sp³-hybridized carbons (Fsp3) is 0.143. The van der Waals surface area contributed by atoms with E-state index in [9.17, 15) is 0 Å². The summed E-state index contributed by atoms with van der Waals surface area (Å²) in [6, 6.07) is 9.96. The Morgan fingerprint density at radius 1 is 1.16 bits per heavy atom. The summed E-state index contributed by atoms with van der Waals surface area (Å²) < 4.78 is 5.82. The van der Waals surface area contributed by atoms with Gasteiger partial charge in [-0.15, -0.1) is 11.3 Å². The molecule has 19 heavy (non-hydrogen) atoms. The largest absolute Gasteiger partial charge is 0.438 e. The zero-order valence-electron chi connectivity index (χ0n) is 10.5. The van der Waals surface area contributed by atoms with Crippen LogP contribution in [0.3, 0.4) is 0 Å². The van der Waals surface area contributed by atoms with E-state index >= 15 is 0 Å². The van der Waals surface area contributed by atoms with E-state index in [1.807, 2.05) is 42.8 Å². The molecule has 1 aromatic carbocycles. The highest BCUT2D eigenvalue weighted by Gasteiger charge is 2.06. The lowest BCUT2D eigenvalue weighted by atomic mass is 10.2. The average Bonchev–Trinajstić information content (AvgIpc) is 2.91. The van der Waals surface area contributed by atoms with Crippen molar-refractivity contribution in [2.24, 2.45) is 0 Å². The molecule has 0 aliphatic rings. The minimum absolute atomic E-state index is 0.604. The molecule has 0 amide bonds. The van der Waals surface area contributed by atoms with Gasteiger partial charge in [-0.2, -0.15) is 0 Å². The summed E-state index contributed by atoms with van der Waals surface area (Å²) in [5, 5.41) is 6.05. The summed E-state index contributed by atoms with van der Waals surface area (Å²) >= 11 is 1.58. The third kappa shape index (κ3) is 2.57. The Balaban J connectivity index is 1.86. The molecule has 1 N–H and O–H groups in total. The number of hydrogen-bond acceptors (Lipinski definition) is 5. The molecule has 0 atom stereocenters. The zero-order chi connectivity index (χ0) is 13.1. The van der Waals surface area contributed by atoms with E-state index < -0.39 is 0 Å². The van der Waals surface area contributed by atoms with Crippen LogP contribution in [0.2, 0.25) is 0 Å². The maximum atomic E-state index is 5.82. The molecular weight excluding hydrogens is 258 g/mol. The van der Waals surface area contributed by atoms with Gasteiger partial charge in [0, 0.05) is 6.54 Å². The minimum Gasteiger partial charge on any atom is -0.438 e. The van der Waals surface area contributed by atoms with Crippen molar-refractivity contribution >= 4 is 21.6 Å². The molecule has 2 aromatic heterocycles. The van der Waals surface area contributed by atoms with Crippen LogP contribution in [0.5, 0.6) is 11.6 Å². The molecule has 0 bridgehead atoms. The van der Waals surface area contributed by atoms with Crippen LogP contribution in [0.25, 0.3) is 10.2 Å². The van der Waals surface area contributed by atoms with E-state index in [4.69, 9.17) is 4.74 Å². The molecule has 0 saturated carbocycles. The predicted octanol–water partition coefficient (Wildman–Crippen LogP) is 3.20. The van der Waals surface area contributed by atoms with Crippen LogP contribution in [-0.4, -0.2) is 17.0 Å². The van der Waals surface area contributed by atoms with E-state index in [1.54, 1.807) is 11.3 Å². The lowest BCUT2D eigenvalue weighted by molar-refractivity contribution is 0.468. The SMILES string of the molecule is CNCc1ccc(Oc2ncnc3sccc23)cc1. The number of ether oxygens (including phenoxy) is 1. The van der Waals surface area contributed by atoms with Crippen LogP contribution >= 0.6 is 11.3 Å². The first-order chi connectivity index (χ1) is 9.36. The molecule has 0 radical (unpaired) electrons. The summed E-state index contributed by atoms with van der Waals surface area (Å²) in [7, 11) is 1.93. The van der Waals surface area contributed by atoms with Crippen molar-refractivity contribution in [3.63, 3.8) is 0 Å². The van der Waals surface area contributed by atoms with Gasteiger partial charge in [0.15, 0.2) is 0 Å². The average molecular weight is 271 g/mol. The first-order valence-electron chi connectivity index (χ1n) is 5.96. The topological polar surface area (TPSA) is 47.0 Å². The highest BCUT2D eigenvalue weighted by molar-refractivity contribution is 7.16. The van der Waals surface area contributed by atoms with E-state index in [0.29, 0.717) is 5.88 Å². The highest BCUT2D eigenvalue weighted by atomic mass is 32.1. The fourth-order valence-electron chi connectivity index (χ4n) is 1.84.